The van der Waals surface area contributed by atoms with E-state index in [0.717, 1.165) is 0 Å². The van der Waals surface area contributed by atoms with Crippen molar-refractivity contribution in [3.05, 3.63) is 0 Å². The Morgan fingerprint density at radius 1 is 1.64 bits per heavy atom. The predicted octanol–water partition coefficient (Wildman–Crippen LogP) is -1.06. The maximum absolute atomic E-state index is 11.4. The summed E-state index contributed by atoms with van der Waals surface area (Å²) in [6, 6.07) is -0.128. The van der Waals surface area contributed by atoms with Crippen LogP contribution in [0.5, 0.6) is 0 Å². The molecular formula is C9H17N3O2. The number of carbonyl (C=O) groups excluding carboxylic acids is 2. The van der Waals surface area contributed by atoms with Gasteiger partial charge in [0.1, 0.15) is 6.04 Å². The fourth-order valence-electron chi connectivity index (χ4n) is 1.52. The van der Waals surface area contributed by atoms with E-state index < -0.39 is 0 Å². The Morgan fingerprint density at radius 2 is 2.29 bits per heavy atom. The van der Waals surface area contributed by atoms with E-state index in [1.807, 2.05) is 13.8 Å². The third-order valence-corrected chi connectivity index (χ3v) is 2.39. The minimum atomic E-state index is -0.278. The highest BCUT2D eigenvalue weighted by Gasteiger charge is 2.30. The van der Waals surface area contributed by atoms with Gasteiger partial charge in [-0.3, -0.25) is 14.9 Å². The molecular weight excluding hydrogens is 182 g/mol. The standard InChI is InChI=1S/C9H17N3O2/c1-6(2)12-5-7(9(14)10-3)11-4-8(12)13/h6-7,11H,4-5H2,1-3H3,(H,10,14). The van der Waals surface area contributed by atoms with Crippen molar-refractivity contribution < 1.29 is 9.59 Å². The molecule has 0 aliphatic carbocycles. The van der Waals surface area contributed by atoms with Crippen LogP contribution in [0.15, 0.2) is 0 Å². The second-order valence-corrected chi connectivity index (χ2v) is 3.69. The fourth-order valence-corrected chi connectivity index (χ4v) is 1.52. The lowest BCUT2D eigenvalue weighted by molar-refractivity contribution is -0.137. The van der Waals surface area contributed by atoms with E-state index in [2.05, 4.69) is 10.6 Å². The van der Waals surface area contributed by atoms with Crippen molar-refractivity contribution in [1.82, 2.24) is 15.5 Å². The molecule has 2 N–H and O–H groups in total. The van der Waals surface area contributed by atoms with Gasteiger partial charge in [-0.2, -0.15) is 0 Å². The summed E-state index contributed by atoms with van der Waals surface area (Å²) in [5.74, 6) is -0.0108. The number of piperazine rings is 1. The van der Waals surface area contributed by atoms with Crippen molar-refractivity contribution in [2.45, 2.75) is 25.9 Å². The average Bonchev–Trinajstić information content (AvgIpc) is 2.17. The molecule has 2 amide bonds. The van der Waals surface area contributed by atoms with Crippen molar-refractivity contribution in [2.24, 2.45) is 0 Å². The summed E-state index contributed by atoms with van der Waals surface area (Å²) >= 11 is 0. The van der Waals surface area contributed by atoms with Crippen molar-refractivity contribution in [1.29, 1.82) is 0 Å². The number of nitrogens with one attached hydrogen (secondary N) is 2. The third kappa shape index (κ3) is 2.23. The molecule has 1 aliphatic rings. The van der Waals surface area contributed by atoms with Gasteiger partial charge in [-0.1, -0.05) is 0 Å². The van der Waals surface area contributed by atoms with Gasteiger partial charge in [0.15, 0.2) is 0 Å². The Morgan fingerprint density at radius 3 is 2.79 bits per heavy atom. The minimum Gasteiger partial charge on any atom is -0.358 e. The molecule has 14 heavy (non-hydrogen) atoms. The highest BCUT2D eigenvalue weighted by molar-refractivity contribution is 5.86. The van der Waals surface area contributed by atoms with Crippen LogP contribution in [0.2, 0.25) is 0 Å². The molecule has 0 aromatic carbocycles. The van der Waals surface area contributed by atoms with Crippen LogP contribution in [-0.4, -0.2) is 48.9 Å². The average molecular weight is 199 g/mol. The van der Waals surface area contributed by atoms with E-state index in [1.165, 1.54) is 0 Å². The molecule has 1 aliphatic heterocycles. The molecule has 5 heteroatoms. The van der Waals surface area contributed by atoms with Crippen molar-refractivity contribution in [3.8, 4) is 0 Å². The van der Waals surface area contributed by atoms with Gasteiger partial charge in [0.2, 0.25) is 11.8 Å². The molecule has 5 nitrogen and oxygen atoms in total. The Hall–Kier alpha value is -1.10. The van der Waals surface area contributed by atoms with Crippen LogP contribution < -0.4 is 10.6 Å². The number of rotatable bonds is 2. The first-order valence-electron chi connectivity index (χ1n) is 4.80. The van der Waals surface area contributed by atoms with Crippen LogP contribution in [0.1, 0.15) is 13.8 Å². The van der Waals surface area contributed by atoms with E-state index in [0.29, 0.717) is 6.54 Å². The molecule has 80 valence electrons. The van der Waals surface area contributed by atoms with Gasteiger partial charge in [0.25, 0.3) is 0 Å². The van der Waals surface area contributed by atoms with Crippen LogP contribution in [0.3, 0.4) is 0 Å². The van der Waals surface area contributed by atoms with Crippen LogP contribution in [0.25, 0.3) is 0 Å². The van der Waals surface area contributed by atoms with E-state index in [1.54, 1.807) is 11.9 Å². The van der Waals surface area contributed by atoms with Crippen molar-refractivity contribution in [3.63, 3.8) is 0 Å². The molecule has 1 atom stereocenters. The van der Waals surface area contributed by atoms with Crippen molar-refractivity contribution in [2.75, 3.05) is 20.1 Å². The Kier molecular flexibility index (Phi) is 3.46. The number of likely N-dealkylation sites (N-methyl/N-ethyl adjacent to an activating group) is 1. The Labute approximate surface area is 83.8 Å². The lowest BCUT2D eigenvalue weighted by Gasteiger charge is -2.35. The Balaban J connectivity index is 2.62. The smallest absolute Gasteiger partial charge is 0.238 e. The highest BCUT2D eigenvalue weighted by atomic mass is 16.2. The lowest BCUT2D eigenvalue weighted by Crippen LogP contribution is -2.60. The summed E-state index contributed by atoms with van der Waals surface area (Å²) < 4.78 is 0. The molecule has 0 radical (unpaired) electrons. The number of hydrogen-bond acceptors (Lipinski definition) is 3. The zero-order chi connectivity index (χ0) is 10.7. The number of carbonyl (C=O) groups is 2. The molecule has 1 heterocycles. The summed E-state index contributed by atoms with van der Waals surface area (Å²) in [6.07, 6.45) is 0. The van der Waals surface area contributed by atoms with Gasteiger partial charge < -0.3 is 10.2 Å². The molecule has 0 aromatic rings. The van der Waals surface area contributed by atoms with Gasteiger partial charge in [0.05, 0.1) is 6.54 Å². The van der Waals surface area contributed by atoms with Gasteiger partial charge in [-0.15, -0.1) is 0 Å². The number of nitrogens with zero attached hydrogens (tertiary/aromatic N) is 1. The van der Waals surface area contributed by atoms with Crippen LogP contribution in [0, 0.1) is 0 Å². The summed E-state index contributed by atoms with van der Waals surface area (Å²) in [6.45, 7) is 4.60. The van der Waals surface area contributed by atoms with Gasteiger partial charge in [-0.25, -0.2) is 0 Å². The first-order valence-corrected chi connectivity index (χ1v) is 4.80. The predicted molar refractivity (Wildman–Crippen MR) is 52.7 cm³/mol. The molecule has 0 aromatic heterocycles. The molecule has 1 fully saturated rings. The molecule has 1 rings (SSSR count). The Bertz CT molecular complexity index is 240. The van der Waals surface area contributed by atoms with Gasteiger partial charge in [0, 0.05) is 19.6 Å². The highest BCUT2D eigenvalue weighted by Crippen LogP contribution is 2.05. The molecule has 1 unspecified atom stereocenters. The summed E-state index contributed by atoms with van der Waals surface area (Å²) in [5.41, 5.74) is 0. The second-order valence-electron chi connectivity index (χ2n) is 3.69. The molecule has 0 spiro atoms. The minimum absolute atomic E-state index is 0.0557. The van der Waals surface area contributed by atoms with Gasteiger partial charge in [-0.05, 0) is 13.8 Å². The normalized spacial score (nSPS) is 22.7. The maximum atomic E-state index is 11.4. The van der Waals surface area contributed by atoms with E-state index in [9.17, 15) is 9.59 Å². The van der Waals surface area contributed by atoms with Gasteiger partial charge >= 0.3 is 0 Å². The SMILES string of the molecule is CNC(=O)C1CN(C(C)C)C(=O)CN1. The second kappa shape index (κ2) is 4.41. The van der Waals surface area contributed by atoms with E-state index >= 15 is 0 Å². The maximum Gasteiger partial charge on any atom is 0.238 e. The van der Waals surface area contributed by atoms with Crippen LogP contribution >= 0.6 is 0 Å². The number of amides is 2. The third-order valence-electron chi connectivity index (χ3n) is 2.39. The monoisotopic (exact) mass is 199 g/mol. The fraction of sp³-hybridized carbons (Fsp3) is 0.778. The topological polar surface area (TPSA) is 61.4 Å². The first-order chi connectivity index (χ1) is 6.56. The summed E-state index contributed by atoms with van der Waals surface area (Å²) in [5, 5.41) is 5.47. The largest absolute Gasteiger partial charge is 0.358 e. The zero-order valence-corrected chi connectivity index (χ0v) is 8.83. The molecule has 0 saturated carbocycles. The lowest BCUT2D eigenvalue weighted by atomic mass is 10.1. The first kappa shape index (κ1) is 11.0. The quantitative estimate of drug-likeness (QED) is 0.596. The molecule has 0 bridgehead atoms. The summed E-state index contributed by atoms with van der Waals surface area (Å²) in [7, 11) is 1.60. The van der Waals surface area contributed by atoms with E-state index in [4.69, 9.17) is 0 Å². The number of hydrogen-bond donors (Lipinski definition) is 2. The van der Waals surface area contributed by atoms with Crippen LogP contribution in [-0.2, 0) is 9.59 Å². The van der Waals surface area contributed by atoms with Crippen LogP contribution in [0.4, 0.5) is 0 Å². The van der Waals surface area contributed by atoms with Crippen molar-refractivity contribution >= 4 is 11.8 Å². The molecule has 1 saturated heterocycles. The summed E-state index contributed by atoms with van der Waals surface area (Å²) in [4.78, 5) is 24.5. The zero-order valence-electron chi connectivity index (χ0n) is 8.83. The van der Waals surface area contributed by atoms with E-state index in [-0.39, 0.29) is 30.4 Å².